The monoisotopic (exact) mass is 236 g/mol. The summed E-state index contributed by atoms with van der Waals surface area (Å²) in [6, 6.07) is -0.409. The Morgan fingerprint density at radius 2 is 2.24 bits per heavy atom. The zero-order valence-electron chi connectivity index (χ0n) is 10.5. The van der Waals surface area contributed by atoms with Crippen molar-refractivity contribution >= 4 is 11.7 Å². The van der Waals surface area contributed by atoms with E-state index in [0.717, 1.165) is 25.8 Å². The van der Waals surface area contributed by atoms with Crippen LogP contribution in [0.4, 0.5) is 0 Å². The first-order valence-corrected chi connectivity index (χ1v) is 6.05. The molecular formula is C13H20N2O2. The third-order valence-corrected chi connectivity index (χ3v) is 3.26. The highest BCUT2D eigenvalue weighted by Gasteiger charge is 2.32. The van der Waals surface area contributed by atoms with Gasteiger partial charge in [-0.15, -0.1) is 6.42 Å². The quantitative estimate of drug-likeness (QED) is 0.726. The molecule has 0 aromatic carbocycles. The van der Waals surface area contributed by atoms with Gasteiger partial charge in [0.25, 0.3) is 0 Å². The second kappa shape index (κ2) is 6.41. The summed E-state index contributed by atoms with van der Waals surface area (Å²) in [5, 5.41) is 2.66. The van der Waals surface area contributed by atoms with Gasteiger partial charge >= 0.3 is 0 Å². The lowest BCUT2D eigenvalue weighted by atomic mass is 9.97. The van der Waals surface area contributed by atoms with Gasteiger partial charge in [0, 0.05) is 0 Å². The second-order valence-electron chi connectivity index (χ2n) is 4.46. The van der Waals surface area contributed by atoms with Crippen LogP contribution in [-0.4, -0.2) is 41.8 Å². The van der Waals surface area contributed by atoms with Gasteiger partial charge in [0.2, 0.25) is 5.91 Å². The van der Waals surface area contributed by atoms with E-state index >= 15 is 0 Å². The van der Waals surface area contributed by atoms with Crippen LogP contribution in [-0.2, 0) is 9.59 Å². The molecule has 4 nitrogen and oxygen atoms in total. The van der Waals surface area contributed by atoms with Gasteiger partial charge in [-0.3, -0.25) is 14.5 Å². The number of terminal acetylenes is 1. The Balaban J connectivity index is 2.64. The minimum atomic E-state index is -0.294. The van der Waals surface area contributed by atoms with Crippen LogP contribution in [0.15, 0.2) is 0 Å². The fraction of sp³-hybridized carbons (Fsp3) is 0.692. The second-order valence-corrected chi connectivity index (χ2v) is 4.46. The molecule has 0 aromatic heterocycles. The van der Waals surface area contributed by atoms with Crippen LogP contribution in [0.25, 0.3) is 0 Å². The Labute approximate surface area is 103 Å². The van der Waals surface area contributed by atoms with Gasteiger partial charge < -0.3 is 5.32 Å². The number of hydrogen-bond acceptors (Lipinski definition) is 3. The lowest BCUT2D eigenvalue weighted by Crippen LogP contribution is -2.53. The Hall–Kier alpha value is -1.34. The van der Waals surface area contributed by atoms with Crippen molar-refractivity contribution in [2.75, 3.05) is 13.1 Å². The van der Waals surface area contributed by atoms with E-state index < -0.39 is 0 Å². The number of hydrogen-bond donors (Lipinski definition) is 1. The molecule has 1 aliphatic rings. The number of carbonyl (C=O) groups is 2. The maximum absolute atomic E-state index is 11.8. The number of amides is 1. The first kappa shape index (κ1) is 13.7. The third kappa shape index (κ3) is 3.57. The summed E-state index contributed by atoms with van der Waals surface area (Å²) < 4.78 is 0. The molecule has 4 heteroatoms. The van der Waals surface area contributed by atoms with Crippen molar-refractivity contribution in [2.45, 2.75) is 45.2 Å². The highest BCUT2D eigenvalue weighted by molar-refractivity contribution is 5.85. The summed E-state index contributed by atoms with van der Waals surface area (Å²) in [5.74, 6) is 2.41. The predicted molar refractivity (Wildman–Crippen MR) is 66.3 cm³/mol. The molecule has 2 atom stereocenters. The third-order valence-electron chi connectivity index (χ3n) is 3.26. The molecule has 0 aliphatic carbocycles. The van der Waals surface area contributed by atoms with Crippen molar-refractivity contribution in [3.05, 3.63) is 0 Å². The number of likely N-dealkylation sites (tertiary alicyclic amines) is 1. The van der Waals surface area contributed by atoms with Gasteiger partial charge in [-0.25, -0.2) is 0 Å². The summed E-state index contributed by atoms with van der Waals surface area (Å²) in [6.07, 6.45) is 8.04. The van der Waals surface area contributed by atoms with Crippen LogP contribution in [0.3, 0.4) is 0 Å². The first-order valence-electron chi connectivity index (χ1n) is 6.05. The molecule has 1 fully saturated rings. The predicted octanol–water partition coefficient (Wildman–Crippen LogP) is 0.568. The van der Waals surface area contributed by atoms with E-state index in [2.05, 4.69) is 11.2 Å². The molecular weight excluding hydrogens is 216 g/mol. The molecule has 1 saturated heterocycles. The smallest absolute Gasteiger partial charge is 0.237 e. The first-order chi connectivity index (χ1) is 8.07. The van der Waals surface area contributed by atoms with Gasteiger partial charge in [0.05, 0.1) is 18.6 Å². The molecule has 0 bridgehead atoms. The normalized spacial score (nSPS) is 22.5. The van der Waals surface area contributed by atoms with Crippen molar-refractivity contribution in [1.82, 2.24) is 10.2 Å². The van der Waals surface area contributed by atoms with Crippen LogP contribution in [0.2, 0.25) is 0 Å². The van der Waals surface area contributed by atoms with Crippen LogP contribution in [0, 0.1) is 12.3 Å². The molecule has 17 heavy (non-hydrogen) atoms. The van der Waals surface area contributed by atoms with Crippen molar-refractivity contribution in [1.29, 1.82) is 0 Å². The number of nitrogens with zero attached hydrogens (tertiary/aromatic N) is 1. The van der Waals surface area contributed by atoms with Gasteiger partial charge in [-0.05, 0) is 33.2 Å². The summed E-state index contributed by atoms with van der Waals surface area (Å²) in [5.41, 5.74) is 0. The SMILES string of the molecule is C#CCNC(=O)C(C)N1CCCCC1C(C)=O. The zero-order valence-corrected chi connectivity index (χ0v) is 10.5. The Bertz CT molecular complexity index is 333. The fourth-order valence-corrected chi connectivity index (χ4v) is 2.29. The standard InChI is InChI=1S/C13H20N2O2/c1-4-8-14-13(17)10(2)15-9-6-5-7-12(15)11(3)16/h1,10,12H,5-9H2,2-3H3,(H,14,17). The molecule has 0 spiro atoms. The maximum atomic E-state index is 11.8. The number of piperidine rings is 1. The maximum Gasteiger partial charge on any atom is 0.237 e. The summed E-state index contributed by atoms with van der Waals surface area (Å²) in [4.78, 5) is 25.3. The highest BCUT2D eigenvalue weighted by atomic mass is 16.2. The van der Waals surface area contributed by atoms with Crippen LogP contribution < -0.4 is 5.32 Å². The van der Waals surface area contributed by atoms with Crippen molar-refractivity contribution in [2.24, 2.45) is 0 Å². The lowest BCUT2D eigenvalue weighted by Gasteiger charge is -2.37. The molecule has 0 radical (unpaired) electrons. The van der Waals surface area contributed by atoms with Gasteiger partial charge in [0.15, 0.2) is 0 Å². The van der Waals surface area contributed by atoms with Crippen molar-refractivity contribution in [3.8, 4) is 12.3 Å². The molecule has 1 N–H and O–H groups in total. The average Bonchev–Trinajstić information content (AvgIpc) is 2.34. The zero-order chi connectivity index (χ0) is 12.8. The van der Waals surface area contributed by atoms with E-state index in [0.29, 0.717) is 0 Å². The van der Waals surface area contributed by atoms with E-state index in [9.17, 15) is 9.59 Å². The van der Waals surface area contributed by atoms with Gasteiger partial charge in [-0.1, -0.05) is 12.3 Å². The van der Waals surface area contributed by atoms with Crippen LogP contribution in [0.1, 0.15) is 33.1 Å². The summed E-state index contributed by atoms with van der Waals surface area (Å²) in [7, 11) is 0. The van der Waals surface area contributed by atoms with E-state index in [1.54, 1.807) is 6.92 Å². The van der Waals surface area contributed by atoms with Crippen molar-refractivity contribution in [3.63, 3.8) is 0 Å². The Morgan fingerprint density at radius 1 is 1.53 bits per heavy atom. The van der Waals surface area contributed by atoms with E-state index in [-0.39, 0.29) is 30.3 Å². The van der Waals surface area contributed by atoms with Crippen LogP contribution >= 0.6 is 0 Å². The molecule has 1 heterocycles. The number of Topliss-reactive ketones (excluding diaryl/α,β-unsaturated/α-hetero) is 1. The molecule has 0 saturated carbocycles. The van der Waals surface area contributed by atoms with E-state index in [1.807, 2.05) is 11.8 Å². The number of ketones is 1. The molecule has 1 rings (SSSR count). The van der Waals surface area contributed by atoms with Gasteiger partial charge in [0.1, 0.15) is 5.78 Å². The van der Waals surface area contributed by atoms with Crippen molar-refractivity contribution < 1.29 is 9.59 Å². The van der Waals surface area contributed by atoms with Gasteiger partial charge in [-0.2, -0.15) is 0 Å². The minimum Gasteiger partial charge on any atom is -0.344 e. The minimum absolute atomic E-state index is 0.101. The summed E-state index contributed by atoms with van der Waals surface area (Å²) >= 11 is 0. The lowest BCUT2D eigenvalue weighted by molar-refractivity contribution is -0.131. The van der Waals surface area contributed by atoms with Crippen LogP contribution in [0.5, 0.6) is 0 Å². The fourth-order valence-electron chi connectivity index (χ4n) is 2.29. The van der Waals surface area contributed by atoms with E-state index in [1.165, 1.54) is 0 Å². The number of nitrogens with one attached hydrogen (secondary N) is 1. The number of rotatable bonds is 4. The largest absolute Gasteiger partial charge is 0.344 e. The molecule has 0 aromatic rings. The topological polar surface area (TPSA) is 49.4 Å². The van der Waals surface area contributed by atoms with E-state index in [4.69, 9.17) is 6.42 Å². The summed E-state index contributed by atoms with van der Waals surface area (Å²) in [6.45, 7) is 4.46. The Kier molecular flexibility index (Phi) is 5.17. The highest BCUT2D eigenvalue weighted by Crippen LogP contribution is 2.20. The average molecular weight is 236 g/mol. The molecule has 1 amide bonds. The Morgan fingerprint density at radius 3 is 2.82 bits per heavy atom. The molecule has 94 valence electrons. The molecule has 1 aliphatic heterocycles. The number of carbonyl (C=O) groups excluding carboxylic acids is 2. The molecule has 2 unspecified atom stereocenters.